The van der Waals surface area contributed by atoms with Gasteiger partial charge in [-0.3, -0.25) is 9.69 Å². The molecule has 1 aromatic rings. The number of likely N-dealkylation sites (tertiary alicyclic amines) is 1. The van der Waals surface area contributed by atoms with E-state index in [9.17, 15) is 4.79 Å². The van der Waals surface area contributed by atoms with E-state index < -0.39 is 0 Å². The third-order valence-electron chi connectivity index (χ3n) is 4.46. The molecule has 1 aromatic carbocycles. The fourth-order valence-corrected chi connectivity index (χ4v) is 3.13. The highest BCUT2D eigenvalue weighted by atomic mass is 16.1. The number of carbonyl (C=O) groups excluding carboxylic acids is 1. The Morgan fingerprint density at radius 1 is 1.48 bits per heavy atom. The zero-order chi connectivity index (χ0) is 15.4. The first kappa shape index (κ1) is 15.8. The molecule has 4 heteroatoms. The number of hydrogen-bond acceptors (Lipinski definition) is 3. The van der Waals surface area contributed by atoms with Gasteiger partial charge in [-0.05, 0) is 49.9 Å². The van der Waals surface area contributed by atoms with Gasteiger partial charge in [-0.25, -0.2) is 0 Å². The lowest BCUT2D eigenvalue weighted by Crippen LogP contribution is -2.35. The molecule has 21 heavy (non-hydrogen) atoms. The maximum atomic E-state index is 12.1. The van der Waals surface area contributed by atoms with Gasteiger partial charge >= 0.3 is 0 Å². The summed E-state index contributed by atoms with van der Waals surface area (Å²) in [5.41, 5.74) is 8.34. The Balaban J connectivity index is 1.86. The topological polar surface area (TPSA) is 58.4 Å². The first-order valence-corrected chi connectivity index (χ1v) is 7.88. The maximum Gasteiger partial charge on any atom is 0.225 e. The quantitative estimate of drug-likeness (QED) is 0.819. The molecule has 2 rings (SSSR count). The van der Waals surface area contributed by atoms with Crippen LogP contribution in [0.2, 0.25) is 0 Å². The number of hydrogen-bond donors (Lipinski definition) is 2. The molecule has 1 aliphatic rings. The van der Waals surface area contributed by atoms with Crippen LogP contribution in [0.1, 0.15) is 38.7 Å². The Labute approximate surface area is 127 Å². The van der Waals surface area contributed by atoms with Crippen molar-refractivity contribution in [3.8, 4) is 0 Å². The molecule has 0 aromatic heterocycles. The van der Waals surface area contributed by atoms with Crippen molar-refractivity contribution in [3.63, 3.8) is 0 Å². The van der Waals surface area contributed by atoms with Crippen LogP contribution in [-0.4, -0.2) is 29.9 Å². The average molecular weight is 289 g/mol. The van der Waals surface area contributed by atoms with Crippen LogP contribution in [0.5, 0.6) is 0 Å². The second-order valence-electron chi connectivity index (χ2n) is 6.31. The molecule has 0 bridgehead atoms. The summed E-state index contributed by atoms with van der Waals surface area (Å²) in [6.07, 6.45) is 3.05. The van der Waals surface area contributed by atoms with Crippen LogP contribution in [0.15, 0.2) is 18.2 Å². The lowest BCUT2D eigenvalue weighted by atomic mass is 10.0. The molecule has 116 valence electrons. The Hall–Kier alpha value is -1.55. The number of anilines is 2. The summed E-state index contributed by atoms with van der Waals surface area (Å²) in [5, 5.41) is 2.97. The number of nitrogen functional groups attached to an aromatic ring is 1. The average Bonchev–Trinajstić information content (AvgIpc) is 2.90. The van der Waals surface area contributed by atoms with Gasteiger partial charge in [-0.2, -0.15) is 0 Å². The molecule has 1 fully saturated rings. The van der Waals surface area contributed by atoms with E-state index in [0.29, 0.717) is 24.1 Å². The Morgan fingerprint density at radius 2 is 2.24 bits per heavy atom. The van der Waals surface area contributed by atoms with Crippen LogP contribution in [0.3, 0.4) is 0 Å². The highest BCUT2D eigenvalue weighted by Crippen LogP contribution is 2.24. The fraction of sp³-hybridized carbons (Fsp3) is 0.588. The van der Waals surface area contributed by atoms with Gasteiger partial charge < -0.3 is 11.1 Å². The van der Waals surface area contributed by atoms with Gasteiger partial charge in [0, 0.05) is 30.4 Å². The molecular formula is C17H27N3O. The van der Waals surface area contributed by atoms with E-state index in [1.165, 1.54) is 12.8 Å². The lowest BCUT2D eigenvalue weighted by Gasteiger charge is -2.27. The standard InChI is InChI=1S/C17H27N3O/c1-12(2)16-8-5-10-20(16)11-9-17(21)19-15-7-4-6-14(18)13(15)3/h4,6-7,12,16H,5,8-11,18H2,1-3H3,(H,19,21). The molecule has 0 radical (unpaired) electrons. The second kappa shape index (κ2) is 6.94. The first-order chi connectivity index (χ1) is 9.99. The van der Waals surface area contributed by atoms with Crippen molar-refractivity contribution >= 4 is 17.3 Å². The summed E-state index contributed by atoms with van der Waals surface area (Å²) < 4.78 is 0. The van der Waals surface area contributed by atoms with E-state index in [0.717, 1.165) is 24.3 Å². The minimum absolute atomic E-state index is 0.0677. The Kier molecular flexibility index (Phi) is 5.23. The summed E-state index contributed by atoms with van der Waals surface area (Å²) in [5.74, 6) is 0.727. The minimum Gasteiger partial charge on any atom is -0.398 e. The molecule has 1 amide bonds. The monoisotopic (exact) mass is 289 g/mol. The number of rotatable bonds is 5. The van der Waals surface area contributed by atoms with Crippen LogP contribution in [0, 0.1) is 12.8 Å². The molecule has 1 aliphatic heterocycles. The third-order valence-corrected chi connectivity index (χ3v) is 4.46. The van der Waals surface area contributed by atoms with Gasteiger partial charge in [-0.1, -0.05) is 19.9 Å². The minimum atomic E-state index is 0.0677. The number of nitrogens with zero attached hydrogens (tertiary/aromatic N) is 1. The first-order valence-electron chi connectivity index (χ1n) is 7.88. The van der Waals surface area contributed by atoms with Crippen LogP contribution in [0.4, 0.5) is 11.4 Å². The predicted octanol–water partition coefficient (Wildman–Crippen LogP) is 3.03. The van der Waals surface area contributed by atoms with E-state index in [2.05, 4.69) is 24.1 Å². The van der Waals surface area contributed by atoms with E-state index in [1.807, 2.05) is 25.1 Å². The van der Waals surface area contributed by atoms with Crippen LogP contribution >= 0.6 is 0 Å². The van der Waals surface area contributed by atoms with Crippen LogP contribution in [0.25, 0.3) is 0 Å². The van der Waals surface area contributed by atoms with E-state index in [1.54, 1.807) is 0 Å². The predicted molar refractivity (Wildman–Crippen MR) is 88.3 cm³/mol. The molecule has 3 N–H and O–H groups in total. The van der Waals surface area contributed by atoms with Gasteiger partial charge in [-0.15, -0.1) is 0 Å². The van der Waals surface area contributed by atoms with Crippen molar-refractivity contribution in [2.24, 2.45) is 5.92 Å². The van der Waals surface area contributed by atoms with Crippen LogP contribution in [-0.2, 0) is 4.79 Å². The molecule has 1 heterocycles. The zero-order valence-electron chi connectivity index (χ0n) is 13.4. The summed E-state index contributed by atoms with van der Waals surface area (Å²) in [6.45, 7) is 8.42. The summed E-state index contributed by atoms with van der Waals surface area (Å²) >= 11 is 0. The Morgan fingerprint density at radius 3 is 2.95 bits per heavy atom. The maximum absolute atomic E-state index is 12.1. The molecule has 0 spiro atoms. The summed E-state index contributed by atoms with van der Waals surface area (Å²) in [7, 11) is 0. The second-order valence-corrected chi connectivity index (χ2v) is 6.31. The number of carbonyl (C=O) groups is 1. The van der Waals surface area contributed by atoms with Crippen molar-refractivity contribution in [1.82, 2.24) is 4.90 Å². The van der Waals surface area contributed by atoms with Crippen molar-refractivity contribution < 1.29 is 4.79 Å². The molecule has 1 atom stereocenters. The van der Waals surface area contributed by atoms with Crippen molar-refractivity contribution in [3.05, 3.63) is 23.8 Å². The SMILES string of the molecule is Cc1c(N)cccc1NC(=O)CCN1CCCC1C(C)C. The number of benzene rings is 1. The smallest absolute Gasteiger partial charge is 0.225 e. The normalized spacial score (nSPS) is 19.1. The fourth-order valence-electron chi connectivity index (χ4n) is 3.13. The highest BCUT2D eigenvalue weighted by molar-refractivity contribution is 5.92. The molecule has 1 unspecified atom stereocenters. The van der Waals surface area contributed by atoms with Gasteiger partial charge in [0.25, 0.3) is 0 Å². The molecular weight excluding hydrogens is 262 g/mol. The van der Waals surface area contributed by atoms with Crippen LogP contribution < -0.4 is 11.1 Å². The van der Waals surface area contributed by atoms with E-state index in [4.69, 9.17) is 5.73 Å². The molecule has 0 saturated carbocycles. The summed E-state index contributed by atoms with van der Waals surface area (Å²) in [4.78, 5) is 14.6. The number of nitrogens with two attached hydrogens (primary N) is 1. The molecule has 1 saturated heterocycles. The van der Waals surface area contributed by atoms with Crippen molar-refractivity contribution in [2.45, 2.75) is 46.1 Å². The van der Waals surface area contributed by atoms with Gasteiger partial charge in [0.2, 0.25) is 5.91 Å². The van der Waals surface area contributed by atoms with E-state index in [-0.39, 0.29) is 5.91 Å². The third kappa shape index (κ3) is 3.97. The number of nitrogens with one attached hydrogen (secondary N) is 1. The number of amides is 1. The molecule has 4 nitrogen and oxygen atoms in total. The van der Waals surface area contributed by atoms with Crippen molar-refractivity contribution in [2.75, 3.05) is 24.1 Å². The van der Waals surface area contributed by atoms with Gasteiger partial charge in [0.15, 0.2) is 0 Å². The van der Waals surface area contributed by atoms with Gasteiger partial charge in [0.1, 0.15) is 0 Å². The van der Waals surface area contributed by atoms with Gasteiger partial charge in [0.05, 0.1) is 0 Å². The highest BCUT2D eigenvalue weighted by Gasteiger charge is 2.26. The summed E-state index contributed by atoms with van der Waals surface area (Å²) in [6, 6.07) is 6.25. The van der Waals surface area contributed by atoms with E-state index >= 15 is 0 Å². The zero-order valence-corrected chi connectivity index (χ0v) is 13.4. The molecule has 0 aliphatic carbocycles. The largest absolute Gasteiger partial charge is 0.398 e. The lowest BCUT2D eigenvalue weighted by molar-refractivity contribution is -0.116. The Bertz CT molecular complexity index is 499. The van der Waals surface area contributed by atoms with Crippen molar-refractivity contribution in [1.29, 1.82) is 0 Å².